The molecule has 3 aliphatic rings. The Kier molecular flexibility index (Phi) is 22.0. The number of fused-ring (bicyclic) bond motifs is 12. The minimum absolute atomic E-state index is 0.189. The second-order valence-corrected chi connectivity index (χ2v) is 20.8. The second-order valence-electron chi connectivity index (χ2n) is 19.0. The molecule has 1 N–H and O–H groups in total. The lowest BCUT2D eigenvalue weighted by Gasteiger charge is -2.23. The van der Waals surface area contributed by atoms with Crippen LogP contribution in [0.2, 0.25) is 0 Å². The van der Waals surface area contributed by atoms with Crippen LogP contribution in [-0.4, -0.2) is 86.6 Å². The molecule has 0 aromatic heterocycles. The molecule has 2 aliphatic heterocycles. The van der Waals surface area contributed by atoms with Crippen molar-refractivity contribution in [1.29, 1.82) is 0 Å². The fraction of sp³-hybridized carbons (Fsp3) is 0.483. The van der Waals surface area contributed by atoms with Crippen molar-refractivity contribution in [3.8, 4) is 34.5 Å². The molecule has 0 saturated heterocycles. The zero-order valence-electron chi connectivity index (χ0n) is 43.4. The smallest absolute Gasteiger partial charge is 0.264 e. The molecule has 1 aliphatic carbocycles. The Morgan fingerprint density at radius 3 is 1.26 bits per heavy atom. The van der Waals surface area contributed by atoms with E-state index in [1.165, 1.54) is 38.5 Å². The number of para-hydroxylation sites is 5. The van der Waals surface area contributed by atoms with Gasteiger partial charge in [0.05, 0.1) is 45.9 Å². The van der Waals surface area contributed by atoms with Crippen LogP contribution in [0, 0.1) is 0 Å². The molecular formula is C60H77NO11S. The first-order valence-corrected chi connectivity index (χ1v) is 28.6. The number of sulfonamides is 1. The number of nitrogens with one attached hydrogen (secondary N) is 1. The maximum Gasteiger partial charge on any atom is 0.264 e. The Bertz CT molecular complexity index is 2520. The summed E-state index contributed by atoms with van der Waals surface area (Å²) in [5.74, 6) is 3.43. The van der Waals surface area contributed by atoms with Gasteiger partial charge in [0.1, 0.15) is 49.4 Å². The van der Waals surface area contributed by atoms with E-state index < -0.39 is 15.9 Å². The molecule has 0 spiro atoms. The van der Waals surface area contributed by atoms with Crippen molar-refractivity contribution < 1.29 is 51.1 Å². The predicted molar refractivity (Wildman–Crippen MR) is 287 cm³/mol. The van der Waals surface area contributed by atoms with E-state index >= 15 is 0 Å². The third-order valence-corrected chi connectivity index (χ3v) is 13.7. The predicted octanol–water partition coefficient (Wildman–Crippen LogP) is 11.8. The highest BCUT2D eigenvalue weighted by atomic mass is 32.2. The Hall–Kier alpha value is -5.76. The van der Waals surface area contributed by atoms with Crippen LogP contribution in [-0.2, 0) is 45.2 Å². The number of carbonyl (C=O) groups is 1. The quantitative estimate of drug-likeness (QED) is 0.0651. The van der Waals surface area contributed by atoms with Gasteiger partial charge in [-0.2, -0.15) is 0 Å². The van der Waals surface area contributed by atoms with Crippen molar-refractivity contribution >= 4 is 15.9 Å². The maximum absolute atomic E-state index is 14.0. The molecule has 5 aromatic carbocycles. The van der Waals surface area contributed by atoms with Crippen molar-refractivity contribution in [2.75, 3.05) is 72.3 Å². The number of rotatable bonds is 18. The van der Waals surface area contributed by atoms with Crippen LogP contribution < -0.4 is 33.1 Å². The lowest BCUT2D eigenvalue weighted by molar-refractivity contribution is 0.0695. The average molecular weight is 1020 g/mol. The average Bonchev–Trinajstić information content (AvgIpc) is 3.37. The van der Waals surface area contributed by atoms with Gasteiger partial charge in [0, 0.05) is 31.2 Å². The summed E-state index contributed by atoms with van der Waals surface area (Å²) in [6.45, 7) is 7.91. The van der Waals surface area contributed by atoms with Gasteiger partial charge in [0.2, 0.25) is 10.0 Å². The van der Waals surface area contributed by atoms with Crippen LogP contribution in [0.3, 0.4) is 0 Å². The summed E-state index contributed by atoms with van der Waals surface area (Å²) in [5.41, 5.74) is 7.41. The number of hydrogen-bond acceptors (Lipinski definition) is 11. The van der Waals surface area contributed by atoms with Crippen molar-refractivity contribution in [3.05, 3.63) is 141 Å². The lowest BCUT2D eigenvalue weighted by Crippen LogP contribution is -2.29. The molecule has 1 amide bonds. The van der Waals surface area contributed by atoms with Crippen molar-refractivity contribution in [2.45, 2.75) is 117 Å². The van der Waals surface area contributed by atoms with Gasteiger partial charge >= 0.3 is 0 Å². The highest BCUT2D eigenvalue weighted by molar-refractivity contribution is 7.89. The Balaban J connectivity index is 1.36. The topological polar surface area (TPSA) is 137 Å². The van der Waals surface area contributed by atoms with Crippen molar-refractivity contribution in [3.63, 3.8) is 0 Å². The van der Waals surface area contributed by atoms with E-state index in [1.54, 1.807) is 12.1 Å². The zero-order chi connectivity index (χ0) is 51.1. The van der Waals surface area contributed by atoms with Gasteiger partial charge in [-0.05, 0) is 81.6 Å². The number of unbranched alkanes of at least 4 members (excludes halogenated alkanes) is 10. The van der Waals surface area contributed by atoms with Crippen LogP contribution in [0.4, 0.5) is 0 Å². The van der Waals surface area contributed by atoms with Crippen LogP contribution >= 0.6 is 0 Å². The molecule has 2 heterocycles. The highest BCUT2D eigenvalue weighted by Gasteiger charge is 2.25. The largest absolute Gasteiger partial charge is 0.493 e. The zero-order valence-corrected chi connectivity index (χ0v) is 44.3. The minimum Gasteiger partial charge on any atom is -0.493 e. The molecular weight excluding hydrogens is 943 g/mol. The Morgan fingerprint density at radius 2 is 0.836 bits per heavy atom. The summed E-state index contributed by atoms with van der Waals surface area (Å²) in [4.78, 5) is 14.0. The summed E-state index contributed by atoms with van der Waals surface area (Å²) < 4.78 is 79.3. The first-order valence-electron chi connectivity index (χ1n) is 26.7. The summed E-state index contributed by atoms with van der Waals surface area (Å²) in [5, 5.41) is 0. The number of benzene rings is 5. The monoisotopic (exact) mass is 1020 g/mol. The van der Waals surface area contributed by atoms with Crippen molar-refractivity contribution in [1.82, 2.24) is 4.72 Å². The second kappa shape index (κ2) is 29.2. The van der Waals surface area contributed by atoms with Gasteiger partial charge in [-0.1, -0.05) is 145 Å². The normalized spacial score (nSPS) is 14.6. The van der Waals surface area contributed by atoms with E-state index in [1.807, 2.05) is 36.4 Å². The van der Waals surface area contributed by atoms with Crippen molar-refractivity contribution in [2.24, 2.45) is 0 Å². The number of hydrogen-bond donors (Lipinski definition) is 1. The minimum atomic E-state index is -3.89. The molecule has 5 aromatic rings. The van der Waals surface area contributed by atoms with Crippen LogP contribution in [0.1, 0.15) is 146 Å². The summed E-state index contributed by atoms with van der Waals surface area (Å²) in [6, 6.07) is 29.9. The third-order valence-electron chi connectivity index (χ3n) is 13.1. The Morgan fingerprint density at radius 1 is 0.466 bits per heavy atom. The molecule has 0 radical (unpaired) electrons. The van der Waals surface area contributed by atoms with E-state index in [0.29, 0.717) is 100 Å². The number of amides is 1. The fourth-order valence-corrected chi connectivity index (χ4v) is 9.97. The molecule has 10 bridgehead atoms. The fourth-order valence-electron chi connectivity index (χ4n) is 9.52. The molecule has 8 rings (SSSR count). The number of carbonyl (C=O) groups excluding carboxylic acids is 1. The van der Waals surface area contributed by atoms with E-state index in [4.69, 9.17) is 37.9 Å². The summed E-state index contributed by atoms with van der Waals surface area (Å²) in [7, 11) is -3.89. The molecule has 12 nitrogen and oxygen atoms in total. The summed E-state index contributed by atoms with van der Waals surface area (Å²) in [6.07, 6.45) is 16.1. The van der Waals surface area contributed by atoms with Gasteiger partial charge in [-0.3, -0.25) is 4.79 Å². The molecule has 0 saturated carbocycles. The standard InChI is InChI=1S/C60H77NO11S/c1-4-6-8-10-12-16-29-69-56-45-21-19-25-49(56)41-51-43-53(60(62)61-73(3,63)64)44-52-42-50-26-20-22-46(57(50)70-30-17-13-11-9-7-5-2)40-48-24-18-23-47(39-45)58(48)71-37-33-65-31-35-67-54-27-14-15-28-55(54)68-36-32-66-34-38-72-59(51)52/h14-15,18-28,43-44H,4-13,16-17,29-42H2,1-3H3,(H,61,62). The van der Waals surface area contributed by atoms with Gasteiger partial charge in [-0.25, -0.2) is 13.1 Å². The van der Waals surface area contributed by atoms with Gasteiger partial charge in [0.15, 0.2) is 11.5 Å². The lowest BCUT2D eigenvalue weighted by atomic mass is 9.90. The van der Waals surface area contributed by atoms with E-state index in [2.05, 4.69) is 61.0 Å². The number of ether oxygens (including phenoxy) is 8. The third kappa shape index (κ3) is 17.2. The molecule has 13 heteroatoms. The van der Waals surface area contributed by atoms with Gasteiger partial charge in [0.25, 0.3) is 5.91 Å². The molecule has 0 atom stereocenters. The van der Waals surface area contributed by atoms with E-state index in [-0.39, 0.29) is 25.4 Å². The highest BCUT2D eigenvalue weighted by Crippen LogP contribution is 2.40. The first-order chi connectivity index (χ1) is 35.7. The maximum atomic E-state index is 14.0. The SMILES string of the molecule is CCCCCCCCOc1c2cccc1Cc1cc(C(=O)NS(C)(=O)=O)cc3c1OCCOCCOc1ccccc1OCCOCCOc1c(cccc1Cc1cccc(c1OCCCCCCCC)C3)C2. The van der Waals surface area contributed by atoms with Gasteiger partial charge in [-0.15, -0.1) is 0 Å². The van der Waals surface area contributed by atoms with Crippen LogP contribution in [0.25, 0.3) is 0 Å². The molecule has 0 unspecified atom stereocenters. The first kappa shape index (κ1) is 55.0. The molecule has 394 valence electrons. The van der Waals surface area contributed by atoms with E-state index in [9.17, 15) is 13.2 Å². The molecule has 0 fully saturated rings. The van der Waals surface area contributed by atoms with Gasteiger partial charge < -0.3 is 37.9 Å². The van der Waals surface area contributed by atoms with Crippen LogP contribution in [0.5, 0.6) is 34.5 Å². The summed E-state index contributed by atoms with van der Waals surface area (Å²) >= 11 is 0. The Labute approximate surface area is 434 Å². The molecule has 73 heavy (non-hydrogen) atoms. The van der Waals surface area contributed by atoms with E-state index in [0.717, 1.165) is 95.4 Å². The van der Waals surface area contributed by atoms with Crippen LogP contribution in [0.15, 0.2) is 91.0 Å².